The molecule has 4 nitrogen and oxygen atoms in total. The summed E-state index contributed by atoms with van der Waals surface area (Å²) in [6.07, 6.45) is 2.38. The van der Waals surface area contributed by atoms with Crippen molar-refractivity contribution in [3.63, 3.8) is 0 Å². The van der Waals surface area contributed by atoms with Crippen molar-refractivity contribution in [1.82, 2.24) is 0 Å². The van der Waals surface area contributed by atoms with Crippen molar-refractivity contribution in [2.24, 2.45) is 0 Å². The fourth-order valence-electron chi connectivity index (χ4n) is 5.07. The first-order chi connectivity index (χ1) is 14.9. The van der Waals surface area contributed by atoms with Crippen LogP contribution in [0.1, 0.15) is 36.0 Å². The summed E-state index contributed by atoms with van der Waals surface area (Å²) in [6, 6.07) is 22.7. The zero-order valence-electron chi connectivity index (χ0n) is 17.7. The Hall–Kier alpha value is -2.82. The summed E-state index contributed by atoms with van der Waals surface area (Å²) in [5, 5.41) is 13.1. The Morgan fingerprint density at radius 3 is 2.03 bits per heavy atom. The van der Waals surface area contributed by atoms with E-state index in [-0.39, 0.29) is 6.03 Å². The number of benzene rings is 3. The predicted octanol–water partition coefficient (Wildman–Crippen LogP) is 6.17. The van der Waals surface area contributed by atoms with Gasteiger partial charge >= 0.3 is 6.03 Å². The van der Waals surface area contributed by atoms with E-state index in [2.05, 4.69) is 0 Å². The van der Waals surface area contributed by atoms with Crippen LogP contribution in [0, 0.1) is 13.8 Å². The van der Waals surface area contributed by atoms with Gasteiger partial charge in [0.2, 0.25) is 0 Å². The van der Waals surface area contributed by atoms with Gasteiger partial charge in [0.05, 0.1) is 0 Å². The molecule has 0 aromatic heterocycles. The van der Waals surface area contributed by atoms with Crippen LogP contribution >= 0.6 is 11.6 Å². The molecular weight excluding hydrogens is 408 g/mol. The van der Waals surface area contributed by atoms with Gasteiger partial charge in [-0.2, -0.15) is 0 Å². The van der Waals surface area contributed by atoms with Gasteiger partial charge in [-0.15, -0.1) is 0 Å². The minimum atomic E-state index is -1.50. The molecule has 2 amide bonds. The number of amides is 2. The molecule has 1 aliphatic carbocycles. The number of carbonyl (C=O) groups excluding carboxylic acids is 1. The maximum atomic E-state index is 14.0. The zero-order chi connectivity index (χ0) is 21.8. The van der Waals surface area contributed by atoms with Gasteiger partial charge in [0.25, 0.3) is 0 Å². The van der Waals surface area contributed by atoms with Crippen LogP contribution < -0.4 is 9.80 Å². The second-order valence-electron chi connectivity index (χ2n) is 8.69. The molecule has 3 aromatic carbocycles. The monoisotopic (exact) mass is 432 g/mol. The van der Waals surface area contributed by atoms with E-state index in [4.69, 9.17) is 11.6 Å². The van der Waals surface area contributed by atoms with E-state index in [1.54, 1.807) is 21.9 Å². The third-order valence-electron chi connectivity index (χ3n) is 6.76. The summed E-state index contributed by atoms with van der Waals surface area (Å²) in [5.41, 5.74) is 2.05. The molecule has 31 heavy (non-hydrogen) atoms. The summed E-state index contributed by atoms with van der Waals surface area (Å²) in [4.78, 5) is 17.4. The number of aliphatic hydroxyl groups is 1. The highest BCUT2D eigenvalue weighted by atomic mass is 35.5. The van der Waals surface area contributed by atoms with Crippen LogP contribution in [0.3, 0.4) is 0 Å². The lowest BCUT2D eigenvalue weighted by molar-refractivity contribution is -0.0525. The second kappa shape index (κ2) is 7.11. The molecule has 1 spiro atoms. The van der Waals surface area contributed by atoms with Crippen LogP contribution in [0.25, 0.3) is 0 Å². The molecule has 1 saturated carbocycles. The average molecular weight is 433 g/mol. The number of hydrogen-bond acceptors (Lipinski definition) is 2. The first kappa shape index (κ1) is 20.1. The van der Waals surface area contributed by atoms with E-state index in [1.807, 2.05) is 74.5 Å². The first-order valence-electron chi connectivity index (χ1n) is 10.6. The molecule has 158 valence electrons. The van der Waals surface area contributed by atoms with E-state index in [0.29, 0.717) is 23.6 Å². The van der Waals surface area contributed by atoms with E-state index in [9.17, 15) is 9.90 Å². The quantitative estimate of drug-likeness (QED) is 0.537. The van der Waals surface area contributed by atoms with Crippen molar-refractivity contribution in [1.29, 1.82) is 0 Å². The Morgan fingerprint density at radius 2 is 1.45 bits per heavy atom. The standard InChI is InChI=1S/C26H25ClN2O2/c1-18-7-11-23(12-8-18)29-24(30)28(22-13-9-21(27)10-14-22)25(15-4-16-25)26(29,31)20-6-3-5-19(2)17-20/h3,5-14,17,31H,4,15-16H2,1-2H3. The normalized spacial score (nSPS) is 22.1. The number of halogens is 1. The maximum absolute atomic E-state index is 14.0. The lowest BCUT2D eigenvalue weighted by Gasteiger charge is -2.52. The van der Waals surface area contributed by atoms with Gasteiger partial charge in [-0.3, -0.25) is 9.80 Å². The van der Waals surface area contributed by atoms with Gasteiger partial charge in [0.1, 0.15) is 5.54 Å². The van der Waals surface area contributed by atoms with Crippen LogP contribution in [0.15, 0.2) is 72.8 Å². The topological polar surface area (TPSA) is 43.8 Å². The minimum Gasteiger partial charge on any atom is -0.364 e. The molecule has 1 unspecified atom stereocenters. The average Bonchev–Trinajstić information content (AvgIpc) is 2.94. The molecule has 1 N–H and O–H groups in total. The highest BCUT2D eigenvalue weighted by molar-refractivity contribution is 6.30. The smallest absolute Gasteiger partial charge is 0.332 e. The molecule has 2 aliphatic rings. The molecule has 0 radical (unpaired) electrons. The molecule has 3 aromatic rings. The number of nitrogens with zero attached hydrogens (tertiary/aromatic N) is 2. The molecule has 0 bridgehead atoms. The maximum Gasteiger partial charge on any atom is 0.332 e. The second-order valence-corrected chi connectivity index (χ2v) is 9.13. The van der Waals surface area contributed by atoms with Crippen molar-refractivity contribution in [2.75, 3.05) is 9.80 Å². The number of urea groups is 1. The van der Waals surface area contributed by atoms with Gasteiger partial charge in [0, 0.05) is 22.0 Å². The van der Waals surface area contributed by atoms with Gasteiger partial charge in [0.15, 0.2) is 5.72 Å². The van der Waals surface area contributed by atoms with Crippen LogP contribution in [0.4, 0.5) is 16.2 Å². The minimum absolute atomic E-state index is 0.227. The third-order valence-corrected chi connectivity index (χ3v) is 7.01. The summed E-state index contributed by atoms with van der Waals surface area (Å²) in [7, 11) is 0. The molecular formula is C26H25ClN2O2. The van der Waals surface area contributed by atoms with E-state index >= 15 is 0 Å². The van der Waals surface area contributed by atoms with Crippen molar-refractivity contribution in [3.8, 4) is 0 Å². The van der Waals surface area contributed by atoms with Crippen LogP contribution in [0.2, 0.25) is 5.02 Å². The number of carbonyl (C=O) groups is 1. The van der Waals surface area contributed by atoms with Gasteiger partial charge in [-0.25, -0.2) is 4.79 Å². The van der Waals surface area contributed by atoms with Gasteiger partial charge < -0.3 is 5.11 Å². The number of hydrogen-bond donors (Lipinski definition) is 1. The molecule has 5 rings (SSSR count). The predicted molar refractivity (Wildman–Crippen MR) is 125 cm³/mol. The Labute approximate surface area is 187 Å². The van der Waals surface area contributed by atoms with Crippen LogP contribution in [-0.4, -0.2) is 16.7 Å². The van der Waals surface area contributed by atoms with Gasteiger partial charge in [-0.05, 0) is 69.5 Å². The molecule has 5 heteroatoms. The lowest BCUT2D eigenvalue weighted by atomic mass is 9.66. The summed E-state index contributed by atoms with van der Waals surface area (Å²) in [5.74, 6) is 0. The Morgan fingerprint density at radius 1 is 0.839 bits per heavy atom. The lowest BCUT2D eigenvalue weighted by Crippen LogP contribution is -2.63. The third kappa shape index (κ3) is 2.82. The zero-order valence-corrected chi connectivity index (χ0v) is 18.4. The van der Waals surface area contributed by atoms with E-state index in [0.717, 1.165) is 28.8 Å². The Bertz CT molecular complexity index is 1140. The van der Waals surface area contributed by atoms with E-state index in [1.165, 1.54) is 0 Å². The molecule has 1 aliphatic heterocycles. The molecule has 1 heterocycles. The molecule has 1 saturated heterocycles. The van der Waals surface area contributed by atoms with Crippen molar-refractivity contribution in [3.05, 3.63) is 94.5 Å². The fourth-order valence-corrected chi connectivity index (χ4v) is 5.19. The first-order valence-corrected chi connectivity index (χ1v) is 11.0. The van der Waals surface area contributed by atoms with Crippen molar-refractivity contribution in [2.45, 2.75) is 44.4 Å². The highest BCUT2D eigenvalue weighted by Crippen LogP contribution is 2.59. The fraction of sp³-hybridized carbons (Fsp3) is 0.269. The summed E-state index contributed by atoms with van der Waals surface area (Å²) in [6.45, 7) is 4.01. The number of anilines is 2. The summed E-state index contributed by atoms with van der Waals surface area (Å²) >= 11 is 6.12. The van der Waals surface area contributed by atoms with Gasteiger partial charge in [-0.1, -0.05) is 59.1 Å². The molecule has 2 fully saturated rings. The summed E-state index contributed by atoms with van der Waals surface area (Å²) < 4.78 is 0. The largest absolute Gasteiger partial charge is 0.364 e. The molecule has 1 atom stereocenters. The van der Waals surface area contributed by atoms with Crippen molar-refractivity contribution < 1.29 is 9.90 Å². The van der Waals surface area contributed by atoms with E-state index < -0.39 is 11.3 Å². The SMILES string of the molecule is Cc1ccc(N2C(=O)N(c3ccc(Cl)cc3)C3(CCC3)C2(O)c2cccc(C)c2)cc1. The number of rotatable bonds is 3. The Balaban J connectivity index is 1.76. The van der Waals surface area contributed by atoms with Crippen molar-refractivity contribution >= 4 is 29.0 Å². The van der Waals surface area contributed by atoms with Crippen LogP contribution in [-0.2, 0) is 5.72 Å². The Kier molecular flexibility index (Phi) is 4.61. The number of aryl methyl sites for hydroxylation is 2. The highest BCUT2D eigenvalue weighted by Gasteiger charge is 2.70. The van der Waals surface area contributed by atoms with Crippen LogP contribution in [0.5, 0.6) is 0 Å².